The third kappa shape index (κ3) is 4.07. The largest absolute Gasteiger partial charge is 0.497 e. The molecule has 1 aromatic carbocycles. The zero-order chi connectivity index (χ0) is 12.7. The van der Waals surface area contributed by atoms with Crippen LogP contribution in [0.25, 0.3) is 0 Å². The van der Waals surface area contributed by atoms with Crippen LogP contribution in [0.3, 0.4) is 0 Å². The molecule has 0 spiro atoms. The quantitative estimate of drug-likeness (QED) is 0.480. The Morgan fingerprint density at radius 1 is 1.35 bits per heavy atom. The van der Waals surface area contributed by atoms with Gasteiger partial charge in [0.2, 0.25) is 0 Å². The molecule has 0 heterocycles. The Balaban J connectivity index is 2.85. The number of ether oxygens (including phenoxy) is 2. The fraction of sp³-hybridized carbons (Fsp3) is 0.143. The number of hydrogen-bond acceptors (Lipinski definition) is 3. The number of hydrogen-bond donors (Lipinski definition) is 1. The first-order valence-electron chi connectivity index (χ1n) is 5.27. The van der Waals surface area contributed by atoms with Gasteiger partial charge in [0.05, 0.1) is 7.11 Å². The van der Waals surface area contributed by atoms with Gasteiger partial charge < -0.3 is 15.2 Å². The molecule has 0 aromatic heterocycles. The summed E-state index contributed by atoms with van der Waals surface area (Å²) in [5, 5.41) is 0. The van der Waals surface area contributed by atoms with Crippen molar-refractivity contribution in [3.63, 3.8) is 0 Å². The maximum atomic E-state index is 5.67. The van der Waals surface area contributed by atoms with Crippen molar-refractivity contribution in [3.8, 4) is 5.75 Å². The van der Waals surface area contributed by atoms with Crippen LogP contribution in [0.2, 0.25) is 0 Å². The molecule has 3 nitrogen and oxygen atoms in total. The van der Waals surface area contributed by atoms with E-state index in [0.29, 0.717) is 23.0 Å². The lowest BCUT2D eigenvalue weighted by molar-refractivity contribution is 0.303. The predicted octanol–water partition coefficient (Wildman–Crippen LogP) is 3.27. The van der Waals surface area contributed by atoms with Gasteiger partial charge in [-0.15, -0.1) is 0 Å². The summed E-state index contributed by atoms with van der Waals surface area (Å²) < 4.78 is 10.7. The molecule has 0 radical (unpaired) electrons. The molecular formula is C14H17NO2. The third-order valence-corrected chi connectivity index (χ3v) is 2.10. The van der Waals surface area contributed by atoms with Crippen molar-refractivity contribution < 1.29 is 9.47 Å². The van der Waals surface area contributed by atoms with Crippen LogP contribution in [0.4, 0.5) is 5.69 Å². The van der Waals surface area contributed by atoms with E-state index in [1.807, 2.05) is 31.2 Å². The molecule has 0 amide bonds. The van der Waals surface area contributed by atoms with Crippen LogP contribution in [-0.2, 0) is 4.74 Å². The van der Waals surface area contributed by atoms with Gasteiger partial charge in [0, 0.05) is 17.8 Å². The maximum Gasteiger partial charge on any atom is 0.129 e. The Kier molecular flexibility index (Phi) is 4.88. The number of nitrogens with two attached hydrogens (primary N) is 1. The van der Waals surface area contributed by atoms with Crippen molar-refractivity contribution in [2.24, 2.45) is 0 Å². The lowest BCUT2D eigenvalue weighted by Gasteiger charge is -2.08. The van der Waals surface area contributed by atoms with Crippen molar-refractivity contribution in [1.29, 1.82) is 0 Å². The Labute approximate surface area is 102 Å². The maximum absolute atomic E-state index is 5.67. The highest BCUT2D eigenvalue weighted by Crippen LogP contribution is 2.18. The third-order valence-electron chi connectivity index (χ3n) is 2.10. The second-order valence-corrected chi connectivity index (χ2v) is 3.32. The van der Waals surface area contributed by atoms with E-state index in [0.717, 1.165) is 0 Å². The monoisotopic (exact) mass is 231 g/mol. The minimum Gasteiger partial charge on any atom is -0.497 e. The standard InChI is InChI=1S/C14H17NO2/c1-4-12(16-3)10-13(5-2)17-14-8-6-7-11(15)9-14/h4-10H,1,15H2,2-3H3/b12-10+,13-5+. The average molecular weight is 231 g/mol. The van der Waals surface area contributed by atoms with E-state index in [2.05, 4.69) is 6.58 Å². The molecule has 0 aliphatic rings. The van der Waals surface area contributed by atoms with Gasteiger partial charge >= 0.3 is 0 Å². The molecule has 0 saturated carbocycles. The van der Waals surface area contributed by atoms with E-state index >= 15 is 0 Å². The predicted molar refractivity (Wildman–Crippen MR) is 70.5 cm³/mol. The van der Waals surface area contributed by atoms with Crippen LogP contribution in [0.5, 0.6) is 5.75 Å². The smallest absolute Gasteiger partial charge is 0.129 e. The van der Waals surface area contributed by atoms with Crippen LogP contribution in [-0.4, -0.2) is 7.11 Å². The highest BCUT2D eigenvalue weighted by Gasteiger charge is 1.99. The summed E-state index contributed by atoms with van der Waals surface area (Å²) in [6.45, 7) is 5.53. The van der Waals surface area contributed by atoms with Crippen molar-refractivity contribution >= 4 is 5.69 Å². The van der Waals surface area contributed by atoms with Gasteiger partial charge in [-0.1, -0.05) is 12.6 Å². The zero-order valence-corrected chi connectivity index (χ0v) is 10.1. The van der Waals surface area contributed by atoms with Crippen molar-refractivity contribution in [2.75, 3.05) is 12.8 Å². The fourth-order valence-corrected chi connectivity index (χ4v) is 1.23. The first-order valence-corrected chi connectivity index (χ1v) is 5.27. The van der Waals surface area contributed by atoms with Gasteiger partial charge in [0.15, 0.2) is 0 Å². The molecular weight excluding hydrogens is 214 g/mol. The Morgan fingerprint density at radius 2 is 2.12 bits per heavy atom. The van der Waals surface area contributed by atoms with Gasteiger partial charge in [0.25, 0.3) is 0 Å². The summed E-state index contributed by atoms with van der Waals surface area (Å²) in [6, 6.07) is 7.25. The first-order chi connectivity index (χ1) is 8.19. The van der Waals surface area contributed by atoms with Crippen molar-refractivity contribution in [3.05, 3.63) is 60.6 Å². The van der Waals surface area contributed by atoms with Gasteiger partial charge in [-0.25, -0.2) is 0 Å². The van der Waals surface area contributed by atoms with Gasteiger partial charge in [-0.3, -0.25) is 0 Å². The molecule has 0 aliphatic heterocycles. The molecule has 0 aliphatic carbocycles. The van der Waals surface area contributed by atoms with Crippen LogP contribution >= 0.6 is 0 Å². The summed E-state index contributed by atoms with van der Waals surface area (Å²) >= 11 is 0. The summed E-state index contributed by atoms with van der Waals surface area (Å²) in [4.78, 5) is 0. The van der Waals surface area contributed by atoms with E-state index in [1.165, 1.54) is 0 Å². The normalized spacial score (nSPS) is 12.1. The topological polar surface area (TPSA) is 44.5 Å². The van der Waals surface area contributed by atoms with Gasteiger partial charge in [-0.2, -0.15) is 0 Å². The molecule has 90 valence electrons. The minimum absolute atomic E-state index is 0.641. The van der Waals surface area contributed by atoms with Crippen LogP contribution in [0.1, 0.15) is 6.92 Å². The molecule has 1 rings (SSSR count). The summed E-state index contributed by atoms with van der Waals surface area (Å²) in [5.74, 6) is 2.00. The Bertz CT molecular complexity index is 447. The highest BCUT2D eigenvalue weighted by atomic mass is 16.5. The summed E-state index contributed by atoms with van der Waals surface area (Å²) in [5.41, 5.74) is 6.34. The van der Waals surface area contributed by atoms with Crippen LogP contribution in [0.15, 0.2) is 60.6 Å². The van der Waals surface area contributed by atoms with Crippen molar-refractivity contribution in [1.82, 2.24) is 0 Å². The zero-order valence-electron chi connectivity index (χ0n) is 10.1. The molecule has 0 atom stereocenters. The second-order valence-electron chi connectivity index (χ2n) is 3.32. The molecule has 2 N–H and O–H groups in total. The number of benzene rings is 1. The molecule has 0 unspecified atom stereocenters. The average Bonchev–Trinajstić information content (AvgIpc) is 2.34. The second kappa shape index (κ2) is 6.43. The number of rotatable bonds is 5. The van der Waals surface area contributed by atoms with E-state index in [4.69, 9.17) is 15.2 Å². The molecule has 0 fully saturated rings. The molecule has 0 saturated heterocycles. The SMILES string of the molecule is C=C/C(=C\C(=C/C)Oc1cccc(N)c1)OC. The van der Waals surface area contributed by atoms with E-state index in [9.17, 15) is 0 Å². The van der Waals surface area contributed by atoms with Crippen LogP contribution in [0, 0.1) is 0 Å². The number of nitrogen functional groups attached to an aromatic ring is 1. The van der Waals surface area contributed by atoms with E-state index < -0.39 is 0 Å². The molecule has 1 aromatic rings. The highest BCUT2D eigenvalue weighted by molar-refractivity contribution is 5.44. The van der Waals surface area contributed by atoms with E-state index in [1.54, 1.807) is 25.3 Å². The molecule has 17 heavy (non-hydrogen) atoms. The Morgan fingerprint density at radius 3 is 2.65 bits per heavy atom. The van der Waals surface area contributed by atoms with E-state index in [-0.39, 0.29) is 0 Å². The summed E-state index contributed by atoms with van der Waals surface area (Å²) in [7, 11) is 1.58. The molecule has 0 bridgehead atoms. The Hall–Kier alpha value is -2.16. The van der Waals surface area contributed by atoms with Gasteiger partial charge in [0.1, 0.15) is 17.3 Å². The molecule has 3 heteroatoms. The lowest BCUT2D eigenvalue weighted by Crippen LogP contribution is -1.95. The van der Waals surface area contributed by atoms with Crippen molar-refractivity contribution in [2.45, 2.75) is 6.92 Å². The van der Waals surface area contributed by atoms with Crippen LogP contribution < -0.4 is 10.5 Å². The first kappa shape index (κ1) is 12.9. The lowest BCUT2D eigenvalue weighted by atomic mass is 10.3. The fourth-order valence-electron chi connectivity index (χ4n) is 1.23. The summed E-state index contributed by atoms with van der Waals surface area (Å²) in [6.07, 6.45) is 5.22. The minimum atomic E-state index is 0.641. The van der Waals surface area contributed by atoms with Gasteiger partial charge in [-0.05, 0) is 31.2 Å². The number of anilines is 1. The number of methoxy groups -OCH3 is 1. The number of allylic oxidation sites excluding steroid dienone is 3.